The Morgan fingerprint density at radius 1 is 1.00 bits per heavy atom. The number of carbonyl (C=O) groups is 2. The number of methoxy groups -OCH3 is 1. The minimum Gasteiger partial charge on any atom is -0.493 e. The van der Waals surface area contributed by atoms with Crippen LogP contribution in [0.2, 0.25) is 5.02 Å². The van der Waals surface area contributed by atoms with Gasteiger partial charge in [0.05, 0.1) is 23.9 Å². The summed E-state index contributed by atoms with van der Waals surface area (Å²) in [6.45, 7) is 1.81. The van der Waals surface area contributed by atoms with Gasteiger partial charge >= 0.3 is 6.03 Å². The molecule has 0 spiro atoms. The lowest BCUT2D eigenvalue weighted by Gasteiger charge is -2.30. The normalized spacial score (nSPS) is 15.5. The Balaban J connectivity index is 1.75. The highest BCUT2D eigenvalue weighted by Gasteiger charge is 2.33. The number of carbonyl (C=O) groups excluding carboxylic acids is 2. The Hall–Kier alpha value is -3.77. The van der Waals surface area contributed by atoms with Crippen LogP contribution in [0.5, 0.6) is 11.5 Å². The lowest BCUT2D eigenvalue weighted by Crippen LogP contribution is -2.44. The predicted molar refractivity (Wildman–Crippen MR) is 127 cm³/mol. The number of amides is 2. The van der Waals surface area contributed by atoms with Crippen LogP contribution in [0.4, 0.5) is 4.79 Å². The second-order valence-corrected chi connectivity index (χ2v) is 7.95. The number of ketones is 1. The van der Waals surface area contributed by atoms with Gasteiger partial charge in [-0.1, -0.05) is 72.3 Å². The first-order valence-corrected chi connectivity index (χ1v) is 10.8. The Bertz CT molecular complexity index is 1210. The van der Waals surface area contributed by atoms with Crippen molar-refractivity contribution in [3.05, 3.63) is 100 Å². The molecule has 0 aliphatic carbocycles. The van der Waals surface area contributed by atoms with Gasteiger partial charge in [0, 0.05) is 17.2 Å². The van der Waals surface area contributed by atoms with Gasteiger partial charge in [0.1, 0.15) is 6.61 Å². The van der Waals surface area contributed by atoms with E-state index in [1.54, 1.807) is 12.1 Å². The van der Waals surface area contributed by atoms with Gasteiger partial charge in [-0.3, -0.25) is 4.79 Å². The molecule has 33 heavy (non-hydrogen) atoms. The fraction of sp³-hybridized carbons (Fsp3) is 0.154. The molecular weight excluding hydrogens is 440 g/mol. The molecule has 1 atom stereocenters. The zero-order chi connectivity index (χ0) is 23.4. The van der Waals surface area contributed by atoms with Crippen molar-refractivity contribution in [1.82, 2.24) is 10.6 Å². The number of hydrogen-bond acceptors (Lipinski definition) is 4. The van der Waals surface area contributed by atoms with Gasteiger partial charge in [-0.05, 0) is 24.1 Å². The van der Waals surface area contributed by atoms with Crippen LogP contribution in [0.15, 0.2) is 78.4 Å². The summed E-state index contributed by atoms with van der Waals surface area (Å²) in [5, 5.41) is 5.94. The first-order valence-electron chi connectivity index (χ1n) is 10.4. The van der Waals surface area contributed by atoms with E-state index in [0.29, 0.717) is 40.0 Å². The number of Topliss-reactive ketones (excluding diaryl/α,β-unsaturated/α-hetero) is 1. The highest BCUT2D eigenvalue weighted by Crippen LogP contribution is 2.40. The molecule has 0 aromatic heterocycles. The average molecular weight is 463 g/mol. The lowest BCUT2D eigenvalue weighted by molar-refractivity contribution is -0.113. The van der Waals surface area contributed by atoms with Gasteiger partial charge in [0.2, 0.25) is 0 Å². The Labute approximate surface area is 197 Å². The third kappa shape index (κ3) is 4.86. The molecule has 1 unspecified atom stereocenters. The molecule has 2 amide bonds. The van der Waals surface area contributed by atoms with Crippen molar-refractivity contribution in [2.75, 3.05) is 7.11 Å². The number of ether oxygens (including phenoxy) is 2. The maximum absolute atomic E-state index is 12.7. The van der Waals surface area contributed by atoms with Crippen LogP contribution in [0.1, 0.15) is 29.7 Å². The summed E-state index contributed by atoms with van der Waals surface area (Å²) in [5.41, 5.74) is 3.13. The van der Waals surface area contributed by atoms with E-state index in [4.69, 9.17) is 21.1 Å². The van der Waals surface area contributed by atoms with E-state index in [1.165, 1.54) is 14.0 Å². The molecule has 3 aromatic carbocycles. The van der Waals surface area contributed by atoms with Crippen molar-refractivity contribution in [2.24, 2.45) is 0 Å². The second kappa shape index (κ2) is 9.79. The third-order valence-corrected chi connectivity index (χ3v) is 5.67. The Kier molecular flexibility index (Phi) is 6.66. The molecule has 1 aliphatic heterocycles. The maximum Gasteiger partial charge on any atom is 0.320 e. The van der Waals surface area contributed by atoms with E-state index in [-0.39, 0.29) is 5.78 Å². The van der Waals surface area contributed by atoms with Crippen molar-refractivity contribution in [3.8, 4) is 11.5 Å². The number of hydrogen-bond donors (Lipinski definition) is 2. The van der Waals surface area contributed by atoms with Gasteiger partial charge in [-0.25, -0.2) is 4.79 Å². The van der Waals surface area contributed by atoms with Crippen molar-refractivity contribution in [2.45, 2.75) is 19.6 Å². The molecule has 1 heterocycles. The summed E-state index contributed by atoms with van der Waals surface area (Å²) in [4.78, 5) is 25.2. The molecule has 1 aliphatic rings. The van der Waals surface area contributed by atoms with Crippen molar-refractivity contribution < 1.29 is 19.1 Å². The van der Waals surface area contributed by atoms with Crippen LogP contribution in [0, 0.1) is 0 Å². The maximum atomic E-state index is 12.7. The third-order valence-electron chi connectivity index (χ3n) is 5.34. The molecule has 0 fully saturated rings. The van der Waals surface area contributed by atoms with E-state index in [9.17, 15) is 9.59 Å². The first kappa shape index (κ1) is 22.4. The average Bonchev–Trinajstić information content (AvgIpc) is 2.83. The molecule has 168 valence electrons. The standard InChI is InChI=1S/C26H23ClN2O4/c1-16(30)23-24(18-11-7-4-8-12-18)28-26(31)29-25(23)19-13-21(32-2)22(14-20(19)27)33-15-17-9-5-3-6-10-17/h3-14,25H,15H2,1-2H3,(H2,28,29,31). The lowest BCUT2D eigenvalue weighted by atomic mass is 9.90. The quantitative estimate of drug-likeness (QED) is 0.500. The molecule has 3 aromatic rings. The topological polar surface area (TPSA) is 76.7 Å². The molecule has 0 saturated carbocycles. The van der Waals surface area contributed by atoms with Crippen LogP contribution >= 0.6 is 11.6 Å². The van der Waals surface area contributed by atoms with Gasteiger partial charge < -0.3 is 20.1 Å². The molecule has 7 heteroatoms. The van der Waals surface area contributed by atoms with E-state index >= 15 is 0 Å². The van der Waals surface area contributed by atoms with Gasteiger partial charge in [-0.2, -0.15) is 0 Å². The Morgan fingerprint density at radius 2 is 1.67 bits per heavy atom. The number of benzene rings is 3. The van der Waals surface area contributed by atoms with Crippen LogP contribution in [0.3, 0.4) is 0 Å². The zero-order valence-corrected chi connectivity index (χ0v) is 19.0. The molecule has 0 saturated heterocycles. The summed E-state index contributed by atoms with van der Waals surface area (Å²) < 4.78 is 11.5. The summed E-state index contributed by atoms with van der Waals surface area (Å²) in [7, 11) is 1.53. The smallest absolute Gasteiger partial charge is 0.320 e. The minimum absolute atomic E-state index is 0.189. The minimum atomic E-state index is -0.754. The predicted octanol–water partition coefficient (Wildman–Crippen LogP) is 5.28. The molecular formula is C26H23ClN2O4. The molecule has 4 rings (SSSR count). The van der Waals surface area contributed by atoms with Gasteiger partial charge in [0.15, 0.2) is 17.3 Å². The number of urea groups is 1. The zero-order valence-electron chi connectivity index (χ0n) is 18.2. The summed E-state index contributed by atoms with van der Waals surface area (Å²) in [6.07, 6.45) is 0. The summed E-state index contributed by atoms with van der Waals surface area (Å²) in [5.74, 6) is 0.722. The van der Waals surface area contributed by atoms with E-state index in [1.807, 2.05) is 60.7 Å². The van der Waals surface area contributed by atoms with Gasteiger partial charge in [0.25, 0.3) is 0 Å². The van der Waals surface area contributed by atoms with Crippen LogP contribution in [-0.4, -0.2) is 18.9 Å². The van der Waals surface area contributed by atoms with Gasteiger partial charge in [-0.15, -0.1) is 0 Å². The van der Waals surface area contributed by atoms with Crippen LogP contribution in [-0.2, 0) is 11.4 Å². The van der Waals surface area contributed by atoms with Crippen LogP contribution < -0.4 is 20.1 Å². The largest absolute Gasteiger partial charge is 0.493 e. The number of rotatable bonds is 7. The van der Waals surface area contributed by atoms with Crippen molar-refractivity contribution in [1.29, 1.82) is 0 Å². The summed E-state index contributed by atoms with van der Waals surface area (Å²) >= 11 is 6.64. The van der Waals surface area contributed by atoms with E-state index in [2.05, 4.69) is 10.6 Å². The highest BCUT2D eigenvalue weighted by molar-refractivity contribution is 6.31. The van der Waals surface area contributed by atoms with E-state index < -0.39 is 12.1 Å². The first-order chi connectivity index (χ1) is 16.0. The fourth-order valence-corrected chi connectivity index (χ4v) is 4.05. The highest BCUT2D eigenvalue weighted by atomic mass is 35.5. The molecule has 6 nitrogen and oxygen atoms in total. The molecule has 2 N–H and O–H groups in total. The molecule has 0 bridgehead atoms. The SMILES string of the molecule is COc1cc(C2NC(=O)NC(c3ccccc3)=C2C(C)=O)c(Cl)cc1OCc1ccccc1. The number of halogens is 1. The summed E-state index contributed by atoms with van der Waals surface area (Å²) in [6, 6.07) is 21.1. The fourth-order valence-electron chi connectivity index (χ4n) is 3.79. The monoisotopic (exact) mass is 462 g/mol. The van der Waals surface area contributed by atoms with Crippen LogP contribution in [0.25, 0.3) is 5.70 Å². The number of nitrogens with one attached hydrogen (secondary N) is 2. The van der Waals surface area contributed by atoms with Crippen molar-refractivity contribution >= 4 is 29.1 Å². The van der Waals surface area contributed by atoms with Crippen molar-refractivity contribution in [3.63, 3.8) is 0 Å². The molecule has 0 radical (unpaired) electrons. The Morgan fingerprint density at radius 3 is 2.30 bits per heavy atom. The second-order valence-electron chi connectivity index (χ2n) is 7.54. The van der Waals surface area contributed by atoms with E-state index in [0.717, 1.165) is 11.1 Å².